The van der Waals surface area contributed by atoms with Crippen LogP contribution in [0.15, 0.2) is 36.4 Å². The van der Waals surface area contributed by atoms with Crippen molar-refractivity contribution in [2.45, 2.75) is 25.8 Å². The number of likely N-dealkylation sites (tertiary alicyclic amines) is 1. The summed E-state index contributed by atoms with van der Waals surface area (Å²) in [5, 5.41) is 0. The molecule has 0 aromatic heterocycles. The minimum atomic E-state index is -0.283. The molecule has 0 N–H and O–H groups in total. The van der Waals surface area contributed by atoms with Crippen molar-refractivity contribution >= 4 is 17.5 Å². The third-order valence-corrected chi connectivity index (χ3v) is 5.95. The molecule has 1 atom stereocenters. The van der Waals surface area contributed by atoms with Gasteiger partial charge in [-0.25, -0.2) is 4.39 Å². The molecule has 29 heavy (non-hydrogen) atoms. The van der Waals surface area contributed by atoms with Gasteiger partial charge in [-0.05, 0) is 61.7 Å². The highest BCUT2D eigenvalue weighted by Crippen LogP contribution is 2.35. The molecule has 0 bridgehead atoms. The van der Waals surface area contributed by atoms with Gasteiger partial charge in [0.15, 0.2) is 11.5 Å². The zero-order chi connectivity index (χ0) is 20.1. The highest BCUT2D eigenvalue weighted by atomic mass is 19.1. The predicted molar refractivity (Wildman–Crippen MR) is 104 cm³/mol. The number of hydrogen-bond acceptors (Lipinski definition) is 4. The Bertz CT molecular complexity index is 1000. The number of rotatable bonds is 2. The second kappa shape index (κ2) is 6.76. The van der Waals surface area contributed by atoms with E-state index in [4.69, 9.17) is 9.47 Å². The zero-order valence-electron chi connectivity index (χ0n) is 16.1. The van der Waals surface area contributed by atoms with Gasteiger partial charge in [0.05, 0.1) is 5.92 Å². The molecular weight excluding hydrogens is 375 g/mol. The fraction of sp³-hybridized carbons (Fsp3) is 0.364. The average Bonchev–Trinajstić information content (AvgIpc) is 3.14. The summed E-state index contributed by atoms with van der Waals surface area (Å²) in [4.78, 5) is 29.3. The van der Waals surface area contributed by atoms with Crippen LogP contribution in [-0.2, 0) is 11.2 Å². The van der Waals surface area contributed by atoms with E-state index in [1.807, 2.05) is 6.92 Å². The summed E-state index contributed by atoms with van der Waals surface area (Å²) in [5.74, 6) is 0.546. The first-order chi connectivity index (χ1) is 14.0. The van der Waals surface area contributed by atoms with Gasteiger partial charge in [0.2, 0.25) is 12.7 Å². The van der Waals surface area contributed by atoms with Crippen LogP contribution in [-0.4, -0.2) is 42.6 Å². The molecule has 2 aromatic carbocycles. The summed E-state index contributed by atoms with van der Waals surface area (Å²) in [7, 11) is 0. The maximum absolute atomic E-state index is 13.6. The van der Waals surface area contributed by atoms with Crippen LogP contribution >= 0.6 is 0 Å². The van der Waals surface area contributed by atoms with E-state index in [0.717, 1.165) is 24.1 Å². The molecule has 0 aliphatic carbocycles. The van der Waals surface area contributed by atoms with Gasteiger partial charge in [0.1, 0.15) is 5.82 Å². The van der Waals surface area contributed by atoms with Crippen LogP contribution in [0.3, 0.4) is 0 Å². The first-order valence-electron chi connectivity index (χ1n) is 9.81. The Kier molecular flexibility index (Phi) is 4.19. The molecule has 7 heteroatoms. The summed E-state index contributed by atoms with van der Waals surface area (Å²) < 4.78 is 24.2. The van der Waals surface area contributed by atoms with Crippen LogP contribution < -0.4 is 14.4 Å². The zero-order valence-corrected chi connectivity index (χ0v) is 16.1. The summed E-state index contributed by atoms with van der Waals surface area (Å²) in [5.41, 5.74) is 2.17. The van der Waals surface area contributed by atoms with Gasteiger partial charge in [-0.2, -0.15) is 0 Å². The van der Waals surface area contributed by atoms with Gasteiger partial charge in [-0.1, -0.05) is 0 Å². The molecule has 0 radical (unpaired) electrons. The van der Waals surface area contributed by atoms with Crippen LogP contribution in [0.1, 0.15) is 29.3 Å². The van der Waals surface area contributed by atoms with Crippen LogP contribution in [0, 0.1) is 11.7 Å². The fourth-order valence-electron chi connectivity index (χ4n) is 4.27. The number of benzene rings is 2. The smallest absolute Gasteiger partial charge is 0.254 e. The van der Waals surface area contributed by atoms with E-state index in [2.05, 4.69) is 0 Å². The van der Waals surface area contributed by atoms with E-state index in [0.29, 0.717) is 30.2 Å². The van der Waals surface area contributed by atoms with Gasteiger partial charge < -0.3 is 19.3 Å². The highest BCUT2D eigenvalue weighted by Gasteiger charge is 2.41. The standard InChI is InChI=1S/C22H21FN2O4/c1-13-2-3-14-8-17(23)5-6-18(14)25(13)22(27)16-10-24(11-16)21(26)15-4-7-19-20(9-15)29-12-28-19/h4-9,13,16H,2-3,10-12H2,1H3/t13-/m1/s1. The lowest BCUT2D eigenvalue weighted by Gasteiger charge is -2.43. The number of halogens is 1. The second-order valence-electron chi connectivity index (χ2n) is 7.84. The molecular formula is C22H21FN2O4. The molecule has 3 heterocycles. The monoisotopic (exact) mass is 396 g/mol. The lowest BCUT2D eigenvalue weighted by Crippen LogP contribution is -2.58. The first-order valence-corrected chi connectivity index (χ1v) is 9.81. The first kappa shape index (κ1) is 18.0. The Morgan fingerprint density at radius 1 is 1.07 bits per heavy atom. The minimum absolute atomic E-state index is 0.000190. The van der Waals surface area contributed by atoms with Crippen molar-refractivity contribution in [2.75, 3.05) is 24.8 Å². The van der Waals surface area contributed by atoms with Crippen molar-refractivity contribution in [1.29, 1.82) is 0 Å². The molecule has 2 aromatic rings. The second-order valence-corrected chi connectivity index (χ2v) is 7.84. The number of amides is 2. The van der Waals surface area contributed by atoms with Crippen molar-refractivity contribution in [3.05, 3.63) is 53.3 Å². The topological polar surface area (TPSA) is 59.1 Å². The molecule has 0 unspecified atom stereocenters. The van der Waals surface area contributed by atoms with Crippen LogP contribution in [0.25, 0.3) is 0 Å². The van der Waals surface area contributed by atoms with Gasteiger partial charge in [0.25, 0.3) is 5.91 Å². The number of carbonyl (C=O) groups excluding carboxylic acids is 2. The molecule has 150 valence electrons. The number of carbonyl (C=O) groups is 2. The number of ether oxygens (including phenoxy) is 2. The van der Waals surface area contributed by atoms with E-state index in [-0.39, 0.29) is 36.4 Å². The average molecular weight is 396 g/mol. The van der Waals surface area contributed by atoms with E-state index < -0.39 is 0 Å². The van der Waals surface area contributed by atoms with E-state index in [1.165, 1.54) is 12.1 Å². The fourth-order valence-corrected chi connectivity index (χ4v) is 4.27. The lowest BCUT2D eigenvalue weighted by atomic mass is 9.91. The van der Waals surface area contributed by atoms with Crippen molar-refractivity contribution < 1.29 is 23.5 Å². The van der Waals surface area contributed by atoms with E-state index in [1.54, 1.807) is 34.1 Å². The molecule has 2 amide bonds. The molecule has 3 aliphatic rings. The Labute approximate surface area is 167 Å². The number of anilines is 1. The normalized spacial score (nSPS) is 20.3. The maximum Gasteiger partial charge on any atom is 0.254 e. The van der Waals surface area contributed by atoms with Gasteiger partial charge in [-0.15, -0.1) is 0 Å². The van der Waals surface area contributed by atoms with Crippen LogP contribution in [0.2, 0.25) is 0 Å². The molecule has 5 rings (SSSR count). The van der Waals surface area contributed by atoms with Gasteiger partial charge in [-0.3, -0.25) is 9.59 Å². The Morgan fingerprint density at radius 2 is 1.86 bits per heavy atom. The largest absolute Gasteiger partial charge is 0.454 e. The van der Waals surface area contributed by atoms with Crippen molar-refractivity contribution in [3.8, 4) is 11.5 Å². The molecule has 1 fully saturated rings. The number of hydrogen-bond donors (Lipinski definition) is 0. The molecule has 0 saturated carbocycles. The Hall–Kier alpha value is -3.09. The van der Waals surface area contributed by atoms with Crippen LogP contribution in [0.5, 0.6) is 11.5 Å². The SMILES string of the molecule is C[C@@H]1CCc2cc(F)ccc2N1C(=O)C1CN(C(=O)c2ccc3c(c2)OCO3)C1. The summed E-state index contributed by atoms with van der Waals surface area (Å²) >= 11 is 0. The van der Waals surface area contributed by atoms with Crippen LogP contribution in [0.4, 0.5) is 10.1 Å². The maximum atomic E-state index is 13.6. The Balaban J connectivity index is 1.28. The Morgan fingerprint density at radius 3 is 2.69 bits per heavy atom. The summed E-state index contributed by atoms with van der Waals surface area (Å²) in [6.07, 6.45) is 1.56. The van der Waals surface area contributed by atoms with E-state index >= 15 is 0 Å². The molecule has 3 aliphatic heterocycles. The molecule has 1 saturated heterocycles. The van der Waals surface area contributed by atoms with Gasteiger partial charge in [0, 0.05) is 30.4 Å². The van der Waals surface area contributed by atoms with Crippen molar-refractivity contribution in [3.63, 3.8) is 0 Å². The highest BCUT2D eigenvalue weighted by molar-refractivity contribution is 6.00. The van der Waals surface area contributed by atoms with Crippen molar-refractivity contribution in [1.82, 2.24) is 4.90 Å². The third-order valence-electron chi connectivity index (χ3n) is 5.95. The quantitative estimate of drug-likeness (QED) is 0.783. The molecule has 6 nitrogen and oxygen atoms in total. The number of fused-ring (bicyclic) bond motifs is 2. The summed E-state index contributed by atoms with van der Waals surface area (Å²) in [6, 6.07) is 9.76. The molecule has 0 spiro atoms. The lowest BCUT2D eigenvalue weighted by molar-refractivity contribution is -0.126. The number of nitrogens with zero attached hydrogens (tertiary/aromatic N) is 2. The van der Waals surface area contributed by atoms with Gasteiger partial charge >= 0.3 is 0 Å². The van der Waals surface area contributed by atoms with Crippen molar-refractivity contribution in [2.24, 2.45) is 5.92 Å². The third kappa shape index (κ3) is 3.01. The number of aryl methyl sites for hydroxylation is 1. The minimum Gasteiger partial charge on any atom is -0.454 e. The van der Waals surface area contributed by atoms with E-state index in [9.17, 15) is 14.0 Å². The summed E-state index contributed by atoms with van der Waals surface area (Å²) in [6.45, 7) is 2.93. The predicted octanol–water partition coefficient (Wildman–Crippen LogP) is 2.99.